The Bertz CT molecular complexity index is 1400. The molecule has 0 radical (unpaired) electrons. The molecular formula is C29H30IN3O5. The summed E-state index contributed by atoms with van der Waals surface area (Å²) in [6.45, 7) is 9.23. The summed E-state index contributed by atoms with van der Waals surface area (Å²) in [6.07, 6.45) is 1.55. The van der Waals surface area contributed by atoms with E-state index in [0.29, 0.717) is 36.2 Å². The van der Waals surface area contributed by atoms with Crippen LogP contribution in [0.3, 0.4) is 0 Å². The van der Waals surface area contributed by atoms with Crippen LogP contribution in [0.2, 0.25) is 0 Å². The zero-order valence-corrected chi connectivity index (χ0v) is 23.9. The van der Waals surface area contributed by atoms with Crippen molar-refractivity contribution in [1.29, 1.82) is 0 Å². The monoisotopic (exact) mass is 627 g/mol. The molecule has 0 aliphatic carbocycles. The molecule has 1 N–H and O–H groups in total. The summed E-state index contributed by atoms with van der Waals surface area (Å²) >= 11 is 2.19. The molecule has 0 saturated carbocycles. The number of furan rings is 1. The van der Waals surface area contributed by atoms with Crippen molar-refractivity contribution in [2.45, 2.75) is 34.3 Å². The fourth-order valence-electron chi connectivity index (χ4n) is 3.93. The first kappa shape index (κ1) is 27.3. The minimum atomic E-state index is -0.458. The summed E-state index contributed by atoms with van der Waals surface area (Å²) < 4.78 is 25.9. The molecule has 0 spiro atoms. The van der Waals surface area contributed by atoms with Crippen LogP contribution in [0.25, 0.3) is 5.69 Å². The van der Waals surface area contributed by atoms with Crippen molar-refractivity contribution in [2.24, 2.45) is 5.10 Å². The van der Waals surface area contributed by atoms with Crippen molar-refractivity contribution in [3.05, 3.63) is 92.7 Å². The van der Waals surface area contributed by atoms with Gasteiger partial charge >= 0.3 is 5.91 Å². The van der Waals surface area contributed by atoms with E-state index in [1.165, 1.54) is 11.4 Å². The molecule has 0 saturated heterocycles. The lowest BCUT2D eigenvalue weighted by molar-refractivity contribution is 0.0923. The van der Waals surface area contributed by atoms with E-state index in [4.69, 9.17) is 18.6 Å². The molecule has 8 nitrogen and oxygen atoms in total. The highest BCUT2D eigenvalue weighted by Crippen LogP contribution is 2.33. The number of aromatic nitrogens is 1. The number of hydrogen-bond acceptors (Lipinski definition) is 6. The lowest BCUT2D eigenvalue weighted by atomic mass is 10.2. The van der Waals surface area contributed by atoms with E-state index in [9.17, 15) is 4.79 Å². The smallest absolute Gasteiger partial charge is 0.307 e. The van der Waals surface area contributed by atoms with Crippen molar-refractivity contribution in [1.82, 2.24) is 9.99 Å². The summed E-state index contributed by atoms with van der Waals surface area (Å²) in [5.74, 6) is 2.26. The predicted molar refractivity (Wildman–Crippen MR) is 155 cm³/mol. The molecule has 4 aromatic rings. The van der Waals surface area contributed by atoms with E-state index < -0.39 is 5.91 Å². The van der Waals surface area contributed by atoms with Crippen LogP contribution < -0.4 is 19.6 Å². The number of nitrogens with zero attached hydrogens (tertiary/aromatic N) is 2. The van der Waals surface area contributed by atoms with Crippen LogP contribution in [0.15, 0.2) is 70.2 Å². The third-order valence-corrected chi connectivity index (χ3v) is 6.43. The number of hydrogen-bond donors (Lipinski definition) is 1. The fraction of sp³-hybridized carbons (Fsp3) is 0.241. The topological polar surface area (TPSA) is 87.2 Å². The number of hydrazone groups is 1. The van der Waals surface area contributed by atoms with Crippen molar-refractivity contribution in [3.63, 3.8) is 0 Å². The van der Waals surface area contributed by atoms with E-state index in [0.717, 1.165) is 14.8 Å². The Hall–Kier alpha value is -3.73. The first-order valence-corrected chi connectivity index (χ1v) is 13.4. The minimum Gasteiger partial charge on any atom is -0.490 e. The van der Waals surface area contributed by atoms with Crippen LogP contribution in [0.5, 0.6) is 17.2 Å². The van der Waals surface area contributed by atoms with Crippen LogP contribution in [0, 0.1) is 17.4 Å². The second-order valence-corrected chi connectivity index (χ2v) is 9.56. The number of carbonyl (C=O) groups is 1. The van der Waals surface area contributed by atoms with E-state index in [1.54, 1.807) is 18.3 Å². The number of amides is 1. The van der Waals surface area contributed by atoms with Gasteiger partial charge in [-0.25, -0.2) is 5.43 Å². The standard InChI is InChI=1S/C29H30IN3O5/c1-5-35-27-16-21(15-25(30)28(27)36-6-2)17-31-32-29(34)26-14-13-24(38-26)18-37-23-11-9-22(10-12-23)33-19(3)7-8-20(33)4/h7-17H,5-6,18H2,1-4H3,(H,32,34)/b31-17+. The quantitative estimate of drug-likeness (QED) is 0.118. The third-order valence-electron chi connectivity index (χ3n) is 5.63. The van der Waals surface area contributed by atoms with Gasteiger partial charge in [-0.2, -0.15) is 5.10 Å². The van der Waals surface area contributed by atoms with E-state index >= 15 is 0 Å². The van der Waals surface area contributed by atoms with Crippen LogP contribution in [0.1, 0.15) is 47.1 Å². The lowest BCUT2D eigenvalue weighted by Crippen LogP contribution is -2.16. The molecule has 38 heavy (non-hydrogen) atoms. The van der Waals surface area contributed by atoms with Crippen LogP contribution in [-0.2, 0) is 6.61 Å². The second-order valence-electron chi connectivity index (χ2n) is 8.40. The average molecular weight is 627 g/mol. The number of halogens is 1. The van der Waals surface area contributed by atoms with Gasteiger partial charge in [0.05, 0.1) is 23.0 Å². The summed E-state index contributed by atoms with van der Waals surface area (Å²) in [6, 6.07) is 19.1. The van der Waals surface area contributed by atoms with Gasteiger partial charge in [0, 0.05) is 17.1 Å². The SMILES string of the molecule is CCOc1cc(/C=N/NC(=O)c2ccc(COc3ccc(-n4c(C)ccc4C)cc3)o2)cc(I)c1OCC. The molecule has 4 rings (SSSR count). The van der Waals surface area contributed by atoms with E-state index in [1.807, 2.05) is 50.2 Å². The number of rotatable bonds is 11. The number of benzene rings is 2. The Labute approximate surface area is 235 Å². The zero-order chi connectivity index (χ0) is 27.1. The van der Waals surface area contributed by atoms with Crippen molar-refractivity contribution < 1.29 is 23.4 Å². The molecule has 9 heteroatoms. The molecular weight excluding hydrogens is 597 g/mol. The lowest BCUT2D eigenvalue weighted by Gasteiger charge is -2.13. The molecule has 2 heterocycles. The maximum Gasteiger partial charge on any atom is 0.307 e. The molecule has 2 aromatic carbocycles. The third kappa shape index (κ3) is 6.58. The van der Waals surface area contributed by atoms with Gasteiger partial charge in [-0.3, -0.25) is 4.79 Å². The number of carbonyl (C=O) groups excluding carboxylic acids is 1. The van der Waals surface area contributed by atoms with Crippen molar-refractivity contribution >= 4 is 34.7 Å². The van der Waals surface area contributed by atoms with Gasteiger partial charge in [0.2, 0.25) is 0 Å². The zero-order valence-electron chi connectivity index (χ0n) is 21.8. The highest BCUT2D eigenvalue weighted by atomic mass is 127. The van der Waals surface area contributed by atoms with Gasteiger partial charge < -0.3 is 23.2 Å². The highest BCUT2D eigenvalue weighted by Gasteiger charge is 2.13. The van der Waals surface area contributed by atoms with Gasteiger partial charge in [0.25, 0.3) is 0 Å². The Balaban J connectivity index is 1.33. The molecule has 0 unspecified atom stereocenters. The second kappa shape index (κ2) is 12.7. The molecule has 0 aliphatic rings. The summed E-state index contributed by atoms with van der Waals surface area (Å²) in [4.78, 5) is 12.5. The highest BCUT2D eigenvalue weighted by molar-refractivity contribution is 14.1. The Morgan fingerprint density at radius 3 is 2.37 bits per heavy atom. The maximum atomic E-state index is 12.5. The normalized spacial score (nSPS) is 11.1. The summed E-state index contributed by atoms with van der Waals surface area (Å²) in [5, 5.41) is 4.06. The molecule has 0 fully saturated rings. The Kier molecular flexibility index (Phi) is 9.11. The fourth-order valence-corrected chi connectivity index (χ4v) is 4.71. The minimum absolute atomic E-state index is 0.144. The van der Waals surface area contributed by atoms with Gasteiger partial charge in [0.15, 0.2) is 17.3 Å². The van der Waals surface area contributed by atoms with Gasteiger partial charge in [0.1, 0.15) is 18.1 Å². The molecule has 0 aliphatic heterocycles. The molecule has 1 amide bonds. The molecule has 0 bridgehead atoms. The Morgan fingerprint density at radius 1 is 0.974 bits per heavy atom. The van der Waals surface area contributed by atoms with E-state index in [2.05, 4.69) is 63.7 Å². The Morgan fingerprint density at radius 2 is 1.68 bits per heavy atom. The van der Waals surface area contributed by atoms with Gasteiger partial charge in [-0.05, 0) is 117 Å². The predicted octanol–water partition coefficient (Wildman–Crippen LogP) is 6.43. The van der Waals surface area contributed by atoms with Crippen LogP contribution in [-0.4, -0.2) is 29.9 Å². The molecule has 2 aromatic heterocycles. The van der Waals surface area contributed by atoms with Gasteiger partial charge in [-0.1, -0.05) is 0 Å². The number of ether oxygens (including phenoxy) is 3. The van der Waals surface area contributed by atoms with Crippen molar-refractivity contribution in [2.75, 3.05) is 13.2 Å². The molecule has 0 atom stereocenters. The van der Waals surface area contributed by atoms with E-state index in [-0.39, 0.29) is 12.4 Å². The van der Waals surface area contributed by atoms with Gasteiger partial charge in [-0.15, -0.1) is 0 Å². The van der Waals surface area contributed by atoms with Crippen LogP contribution >= 0.6 is 22.6 Å². The number of nitrogens with one attached hydrogen (secondary N) is 1. The largest absolute Gasteiger partial charge is 0.490 e. The summed E-state index contributed by atoms with van der Waals surface area (Å²) in [7, 11) is 0. The maximum absolute atomic E-state index is 12.5. The number of aryl methyl sites for hydroxylation is 2. The average Bonchev–Trinajstić information content (AvgIpc) is 3.51. The first-order chi connectivity index (χ1) is 18.4. The van der Waals surface area contributed by atoms with Crippen LogP contribution in [0.4, 0.5) is 0 Å². The van der Waals surface area contributed by atoms with Crippen molar-refractivity contribution in [3.8, 4) is 22.9 Å². The summed E-state index contributed by atoms with van der Waals surface area (Å²) in [5.41, 5.74) is 6.68. The first-order valence-electron chi connectivity index (χ1n) is 12.3. The molecule has 198 valence electrons.